The second-order valence-electron chi connectivity index (χ2n) is 7.90. The van der Waals surface area contributed by atoms with Gasteiger partial charge in [-0.25, -0.2) is 0 Å². The number of para-hydroxylation sites is 1. The van der Waals surface area contributed by atoms with Gasteiger partial charge in [0.05, 0.1) is 30.2 Å². The van der Waals surface area contributed by atoms with Crippen molar-refractivity contribution in [1.29, 1.82) is 0 Å². The second-order valence-corrected chi connectivity index (χ2v) is 7.90. The van der Waals surface area contributed by atoms with Gasteiger partial charge in [-0.2, -0.15) is 0 Å². The van der Waals surface area contributed by atoms with E-state index >= 15 is 0 Å². The Balaban J connectivity index is 1.87. The van der Waals surface area contributed by atoms with Crippen LogP contribution in [-0.4, -0.2) is 33.7 Å². The predicted molar refractivity (Wildman–Crippen MR) is 125 cm³/mol. The van der Waals surface area contributed by atoms with Crippen molar-refractivity contribution in [3.63, 3.8) is 0 Å². The fourth-order valence-electron chi connectivity index (χ4n) is 4.17. The maximum absolute atomic E-state index is 13.2. The van der Waals surface area contributed by atoms with Crippen LogP contribution in [0.1, 0.15) is 28.3 Å². The largest absolute Gasteiger partial charge is 0.507 e. The van der Waals surface area contributed by atoms with E-state index in [4.69, 9.17) is 4.74 Å². The lowest BCUT2D eigenvalue weighted by atomic mass is 9.92. The molecule has 0 saturated carbocycles. The molecule has 8 nitrogen and oxygen atoms in total. The van der Waals surface area contributed by atoms with E-state index in [9.17, 15) is 24.8 Å². The van der Waals surface area contributed by atoms with Gasteiger partial charge < -0.3 is 14.7 Å². The zero-order valence-corrected chi connectivity index (χ0v) is 18.6. The number of likely N-dealkylation sites (tertiary alicyclic amines) is 1. The van der Waals surface area contributed by atoms with E-state index in [0.29, 0.717) is 16.9 Å². The fourth-order valence-corrected chi connectivity index (χ4v) is 4.17. The number of carbonyl (C=O) groups is 2. The monoisotopic (exact) mass is 458 g/mol. The first-order valence-electron chi connectivity index (χ1n) is 10.5. The molecule has 3 aromatic rings. The molecule has 0 bridgehead atoms. The van der Waals surface area contributed by atoms with Crippen LogP contribution in [0, 0.1) is 17.0 Å². The summed E-state index contributed by atoms with van der Waals surface area (Å²) in [5.74, 6) is -1.38. The highest BCUT2D eigenvalue weighted by Gasteiger charge is 2.46. The summed E-state index contributed by atoms with van der Waals surface area (Å²) in [6, 6.07) is 18.9. The van der Waals surface area contributed by atoms with E-state index in [2.05, 4.69) is 0 Å². The fraction of sp³-hybridized carbons (Fsp3) is 0.154. The molecule has 0 radical (unpaired) electrons. The molecular weight excluding hydrogens is 436 g/mol. The van der Waals surface area contributed by atoms with Crippen LogP contribution in [0.4, 0.5) is 5.69 Å². The minimum absolute atomic E-state index is 0.0666. The number of nitro groups is 1. The number of amides is 1. The molecule has 1 heterocycles. The van der Waals surface area contributed by atoms with Gasteiger partial charge in [-0.1, -0.05) is 42.5 Å². The Kier molecular flexibility index (Phi) is 6.14. The van der Waals surface area contributed by atoms with Crippen LogP contribution in [0.5, 0.6) is 5.75 Å². The van der Waals surface area contributed by atoms with Crippen LogP contribution >= 0.6 is 0 Å². The summed E-state index contributed by atoms with van der Waals surface area (Å²) < 4.78 is 5.42. The first-order valence-corrected chi connectivity index (χ1v) is 10.5. The first-order chi connectivity index (χ1) is 16.3. The number of aryl methyl sites for hydroxylation is 1. The number of hydrogen-bond donors (Lipinski definition) is 1. The number of hydrogen-bond acceptors (Lipinski definition) is 6. The van der Waals surface area contributed by atoms with Crippen molar-refractivity contribution in [3.05, 3.63) is 111 Å². The first kappa shape index (κ1) is 22.7. The van der Waals surface area contributed by atoms with Crippen molar-refractivity contribution in [2.75, 3.05) is 7.11 Å². The second kappa shape index (κ2) is 9.19. The summed E-state index contributed by atoms with van der Waals surface area (Å²) >= 11 is 0. The molecule has 1 amide bonds. The molecule has 1 atom stereocenters. The molecule has 0 spiro atoms. The summed E-state index contributed by atoms with van der Waals surface area (Å²) in [5, 5.41) is 22.1. The molecule has 34 heavy (non-hydrogen) atoms. The summed E-state index contributed by atoms with van der Waals surface area (Å²) in [4.78, 5) is 38.2. The topological polar surface area (TPSA) is 110 Å². The average molecular weight is 458 g/mol. The number of ketones is 1. The molecule has 4 rings (SSSR count). The Bertz CT molecular complexity index is 1310. The van der Waals surface area contributed by atoms with E-state index in [1.807, 2.05) is 43.3 Å². The molecule has 1 N–H and O–H groups in total. The number of non-ortho nitro benzene ring substituents is 1. The lowest BCUT2D eigenvalue weighted by Crippen LogP contribution is -2.29. The van der Waals surface area contributed by atoms with Gasteiger partial charge in [0.25, 0.3) is 17.4 Å². The van der Waals surface area contributed by atoms with Gasteiger partial charge in [-0.3, -0.25) is 19.7 Å². The zero-order chi connectivity index (χ0) is 24.4. The van der Waals surface area contributed by atoms with Crippen molar-refractivity contribution in [2.45, 2.75) is 19.5 Å². The number of methoxy groups -OCH3 is 1. The Morgan fingerprint density at radius 3 is 2.32 bits per heavy atom. The van der Waals surface area contributed by atoms with Gasteiger partial charge in [0.15, 0.2) is 0 Å². The maximum atomic E-state index is 13.2. The highest BCUT2D eigenvalue weighted by atomic mass is 16.6. The van der Waals surface area contributed by atoms with Crippen LogP contribution < -0.4 is 4.74 Å². The minimum Gasteiger partial charge on any atom is -0.507 e. The van der Waals surface area contributed by atoms with E-state index in [1.54, 1.807) is 12.1 Å². The van der Waals surface area contributed by atoms with Crippen LogP contribution in [0.3, 0.4) is 0 Å². The number of nitro benzene ring substituents is 1. The molecule has 3 aromatic carbocycles. The standard InChI is InChI=1S/C26H22N2O6/c1-16-7-3-5-9-20(16)23-22(24(29)17-11-13-19(14-12-17)28(32)33)25(30)26(31)27(23)15-18-8-4-6-10-21(18)34-2/h3-14,23,29H,15H2,1-2H3/b24-22+. The third kappa shape index (κ3) is 4.01. The summed E-state index contributed by atoms with van der Waals surface area (Å²) in [6.07, 6.45) is 0. The Labute approximate surface area is 195 Å². The summed E-state index contributed by atoms with van der Waals surface area (Å²) in [6.45, 7) is 1.95. The van der Waals surface area contributed by atoms with Crippen LogP contribution in [0.15, 0.2) is 78.4 Å². The van der Waals surface area contributed by atoms with Gasteiger partial charge in [0.1, 0.15) is 11.5 Å². The Morgan fingerprint density at radius 2 is 1.68 bits per heavy atom. The number of nitrogens with zero attached hydrogens (tertiary/aromatic N) is 2. The van der Waals surface area contributed by atoms with Gasteiger partial charge in [-0.05, 0) is 36.2 Å². The molecule has 0 aliphatic carbocycles. The number of ether oxygens (including phenoxy) is 1. The molecule has 1 fully saturated rings. The normalized spacial score (nSPS) is 17.1. The molecule has 172 valence electrons. The van der Waals surface area contributed by atoms with Crippen LogP contribution in [0.25, 0.3) is 5.76 Å². The highest BCUT2D eigenvalue weighted by Crippen LogP contribution is 2.42. The third-order valence-electron chi connectivity index (χ3n) is 5.91. The van der Waals surface area contributed by atoms with Gasteiger partial charge in [0.2, 0.25) is 0 Å². The lowest BCUT2D eigenvalue weighted by Gasteiger charge is -2.27. The third-order valence-corrected chi connectivity index (χ3v) is 5.91. The van der Waals surface area contributed by atoms with Crippen molar-refractivity contribution in [2.24, 2.45) is 0 Å². The van der Waals surface area contributed by atoms with Crippen molar-refractivity contribution in [3.8, 4) is 5.75 Å². The highest BCUT2D eigenvalue weighted by molar-refractivity contribution is 6.46. The number of carbonyl (C=O) groups excluding carboxylic acids is 2. The Hall–Kier alpha value is -4.46. The smallest absolute Gasteiger partial charge is 0.295 e. The number of rotatable bonds is 6. The van der Waals surface area contributed by atoms with Gasteiger partial charge >= 0.3 is 0 Å². The number of aliphatic hydroxyl groups is 1. The summed E-state index contributed by atoms with van der Waals surface area (Å²) in [5.41, 5.74) is 2.24. The van der Waals surface area contributed by atoms with E-state index < -0.39 is 22.7 Å². The Morgan fingerprint density at radius 1 is 1.03 bits per heavy atom. The van der Waals surface area contributed by atoms with E-state index in [1.165, 1.54) is 36.3 Å². The lowest BCUT2D eigenvalue weighted by molar-refractivity contribution is -0.384. The van der Waals surface area contributed by atoms with Crippen LogP contribution in [-0.2, 0) is 16.1 Å². The van der Waals surface area contributed by atoms with Gasteiger partial charge in [0, 0.05) is 23.3 Å². The summed E-state index contributed by atoms with van der Waals surface area (Å²) in [7, 11) is 1.53. The van der Waals surface area contributed by atoms with Crippen LogP contribution in [0.2, 0.25) is 0 Å². The van der Waals surface area contributed by atoms with Gasteiger partial charge in [-0.15, -0.1) is 0 Å². The maximum Gasteiger partial charge on any atom is 0.295 e. The SMILES string of the molecule is COc1ccccc1CN1C(=O)C(=O)/C(=C(/O)c2ccc([N+](=O)[O-])cc2)C1c1ccccc1C. The quantitative estimate of drug-likeness (QED) is 0.191. The molecule has 8 heteroatoms. The molecule has 1 aliphatic rings. The van der Waals surface area contributed by atoms with Crippen molar-refractivity contribution >= 4 is 23.1 Å². The van der Waals surface area contributed by atoms with E-state index in [0.717, 1.165) is 5.56 Å². The number of benzene rings is 3. The minimum atomic E-state index is -0.846. The average Bonchev–Trinajstić information content (AvgIpc) is 3.09. The molecule has 1 unspecified atom stereocenters. The van der Waals surface area contributed by atoms with Crippen molar-refractivity contribution < 1.29 is 24.4 Å². The number of aliphatic hydroxyl groups excluding tert-OH is 1. The molecule has 1 saturated heterocycles. The van der Waals surface area contributed by atoms with E-state index in [-0.39, 0.29) is 29.1 Å². The van der Waals surface area contributed by atoms with Crippen molar-refractivity contribution in [1.82, 2.24) is 4.90 Å². The zero-order valence-electron chi connectivity index (χ0n) is 18.6. The predicted octanol–water partition coefficient (Wildman–Crippen LogP) is 4.53. The number of Topliss-reactive ketones (excluding diaryl/α,β-unsaturated/α-hetero) is 1. The molecule has 0 aromatic heterocycles. The molecular formula is C26H22N2O6. The molecule has 1 aliphatic heterocycles.